The number of rotatable bonds is 5. The second kappa shape index (κ2) is 5.82. The number of fused-ring (bicyclic) bond motifs is 1. The van der Waals surface area contributed by atoms with Gasteiger partial charge in [-0.1, -0.05) is 25.1 Å². The molecule has 0 bridgehead atoms. The monoisotopic (exact) mass is 273 g/mol. The van der Waals surface area contributed by atoms with Gasteiger partial charge in [0.1, 0.15) is 0 Å². The van der Waals surface area contributed by atoms with Crippen LogP contribution in [0.4, 0.5) is 0 Å². The number of aromatic nitrogens is 1. The first kappa shape index (κ1) is 12.8. The fourth-order valence-electron chi connectivity index (χ4n) is 2.46. The first-order chi connectivity index (χ1) is 9.33. The van der Waals surface area contributed by atoms with E-state index in [1.54, 1.807) is 11.3 Å². The predicted octanol–water partition coefficient (Wildman–Crippen LogP) is 2.64. The van der Waals surface area contributed by atoms with Gasteiger partial charge in [-0.05, 0) is 16.7 Å². The Morgan fingerprint density at radius 2 is 2.26 bits per heavy atom. The lowest BCUT2D eigenvalue weighted by atomic mass is 10.1. The zero-order valence-corrected chi connectivity index (χ0v) is 12.0. The maximum atomic E-state index is 4.36. The summed E-state index contributed by atoms with van der Waals surface area (Å²) < 4.78 is 0. The Morgan fingerprint density at radius 3 is 3.11 bits per heavy atom. The molecule has 4 heteroatoms. The Balaban J connectivity index is 1.52. The second-order valence-electron chi connectivity index (χ2n) is 5.11. The smallest absolute Gasteiger partial charge is 0.0965 e. The molecule has 3 nitrogen and oxygen atoms in total. The van der Waals surface area contributed by atoms with E-state index in [9.17, 15) is 0 Å². The molecule has 1 aliphatic heterocycles. The van der Waals surface area contributed by atoms with E-state index in [0.29, 0.717) is 5.92 Å². The van der Waals surface area contributed by atoms with Crippen molar-refractivity contribution in [3.05, 3.63) is 51.5 Å². The van der Waals surface area contributed by atoms with Crippen LogP contribution in [-0.2, 0) is 19.6 Å². The summed E-state index contributed by atoms with van der Waals surface area (Å²) in [4.78, 5) is 4.36. The number of nitrogens with zero attached hydrogens (tertiary/aromatic N) is 1. The molecule has 0 fully saturated rings. The molecule has 19 heavy (non-hydrogen) atoms. The van der Waals surface area contributed by atoms with Gasteiger partial charge in [0.15, 0.2) is 0 Å². The Bertz CT molecular complexity index is 536. The van der Waals surface area contributed by atoms with Crippen LogP contribution in [0.5, 0.6) is 0 Å². The molecule has 1 aromatic carbocycles. The highest BCUT2D eigenvalue weighted by atomic mass is 32.1. The summed E-state index contributed by atoms with van der Waals surface area (Å²) in [5, 5.41) is 10.2. The molecule has 3 rings (SSSR count). The van der Waals surface area contributed by atoms with Crippen LogP contribution in [0.2, 0.25) is 0 Å². The third kappa shape index (κ3) is 3.03. The van der Waals surface area contributed by atoms with Crippen LogP contribution in [0.25, 0.3) is 0 Å². The minimum absolute atomic E-state index is 0.482. The number of hydrogen-bond donors (Lipinski definition) is 2. The normalized spacial score (nSPS) is 15.4. The maximum Gasteiger partial charge on any atom is 0.0965 e. The molecule has 1 aliphatic rings. The van der Waals surface area contributed by atoms with Crippen molar-refractivity contribution >= 4 is 11.3 Å². The SMILES string of the molecule is CC(CNCc1ccc2c(c1)CNC2)c1nccs1. The van der Waals surface area contributed by atoms with Gasteiger partial charge in [-0.25, -0.2) is 4.98 Å². The summed E-state index contributed by atoms with van der Waals surface area (Å²) in [5.74, 6) is 0.482. The van der Waals surface area contributed by atoms with Gasteiger partial charge in [0.2, 0.25) is 0 Å². The van der Waals surface area contributed by atoms with Gasteiger partial charge >= 0.3 is 0 Å². The van der Waals surface area contributed by atoms with Crippen molar-refractivity contribution in [1.82, 2.24) is 15.6 Å². The molecule has 0 amide bonds. The molecular weight excluding hydrogens is 254 g/mol. The standard InChI is InChI=1S/C15H19N3S/c1-11(15-18-4-5-19-15)7-16-8-12-2-3-13-9-17-10-14(13)6-12/h2-6,11,16-17H,7-10H2,1H3. The highest BCUT2D eigenvalue weighted by molar-refractivity contribution is 7.09. The molecule has 2 heterocycles. The Labute approximate surface area is 118 Å². The summed E-state index contributed by atoms with van der Waals surface area (Å²) in [7, 11) is 0. The van der Waals surface area contributed by atoms with E-state index >= 15 is 0 Å². The van der Waals surface area contributed by atoms with Crippen molar-refractivity contribution in [3.63, 3.8) is 0 Å². The maximum absolute atomic E-state index is 4.36. The molecule has 2 N–H and O–H groups in total. The Morgan fingerprint density at radius 1 is 1.37 bits per heavy atom. The zero-order valence-electron chi connectivity index (χ0n) is 11.1. The van der Waals surface area contributed by atoms with E-state index in [0.717, 1.165) is 26.2 Å². The molecule has 0 saturated heterocycles. The molecule has 0 spiro atoms. The summed E-state index contributed by atoms with van der Waals surface area (Å²) in [6, 6.07) is 6.79. The summed E-state index contributed by atoms with van der Waals surface area (Å²) in [6.45, 7) is 6.16. The number of hydrogen-bond acceptors (Lipinski definition) is 4. The lowest BCUT2D eigenvalue weighted by molar-refractivity contribution is 0.612. The molecule has 1 atom stereocenters. The number of thiazole rings is 1. The average Bonchev–Trinajstić information content (AvgIpc) is 3.09. The Hall–Kier alpha value is -1.23. The van der Waals surface area contributed by atoms with Crippen molar-refractivity contribution in [2.45, 2.75) is 32.5 Å². The molecule has 100 valence electrons. The molecule has 2 aromatic rings. The van der Waals surface area contributed by atoms with Gasteiger partial charge in [-0.15, -0.1) is 11.3 Å². The predicted molar refractivity (Wildman–Crippen MR) is 79.2 cm³/mol. The number of nitrogens with one attached hydrogen (secondary N) is 2. The van der Waals surface area contributed by atoms with E-state index < -0.39 is 0 Å². The van der Waals surface area contributed by atoms with Crippen LogP contribution in [0.1, 0.15) is 34.5 Å². The minimum atomic E-state index is 0.482. The molecule has 0 saturated carbocycles. The molecule has 1 aromatic heterocycles. The average molecular weight is 273 g/mol. The van der Waals surface area contributed by atoms with Crippen molar-refractivity contribution < 1.29 is 0 Å². The highest BCUT2D eigenvalue weighted by Gasteiger charge is 2.10. The third-order valence-corrected chi connectivity index (χ3v) is 4.56. The quantitative estimate of drug-likeness (QED) is 0.879. The van der Waals surface area contributed by atoms with E-state index in [2.05, 4.69) is 40.7 Å². The molecule has 0 aliphatic carbocycles. The first-order valence-corrected chi connectivity index (χ1v) is 7.62. The fourth-order valence-corrected chi connectivity index (χ4v) is 3.15. The van der Waals surface area contributed by atoms with Crippen LogP contribution in [0.15, 0.2) is 29.8 Å². The minimum Gasteiger partial charge on any atom is -0.312 e. The van der Waals surface area contributed by atoms with E-state index in [1.165, 1.54) is 21.7 Å². The second-order valence-corrected chi connectivity index (χ2v) is 6.04. The number of benzene rings is 1. The summed E-state index contributed by atoms with van der Waals surface area (Å²) in [5.41, 5.74) is 4.26. The van der Waals surface area contributed by atoms with Crippen LogP contribution in [0.3, 0.4) is 0 Å². The van der Waals surface area contributed by atoms with Gasteiger partial charge in [-0.3, -0.25) is 0 Å². The van der Waals surface area contributed by atoms with Crippen LogP contribution in [-0.4, -0.2) is 11.5 Å². The van der Waals surface area contributed by atoms with Gasteiger partial charge in [0.25, 0.3) is 0 Å². The lowest BCUT2D eigenvalue weighted by Gasteiger charge is -2.10. The summed E-state index contributed by atoms with van der Waals surface area (Å²) >= 11 is 1.73. The van der Waals surface area contributed by atoms with Crippen LogP contribution < -0.4 is 10.6 Å². The summed E-state index contributed by atoms with van der Waals surface area (Å²) in [6.07, 6.45) is 1.88. The van der Waals surface area contributed by atoms with Gasteiger partial charge in [0, 0.05) is 43.7 Å². The molecular formula is C15H19N3S. The van der Waals surface area contributed by atoms with E-state index in [-0.39, 0.29) is 0 Å². The van der Waals surface area contributed by atoms with Crippen molar-refractivity contribution in [3.8, 4) is 0 Å². The molecule has 0 radical (unpaired) electrons. The fraction of sp³-hybridized carbons (Fsp3) is 0.400. The first-order valence-electron chi connectivity index (χ1n) is 6.74. The highest BCUT2D eigenvalue weighted by Crippen LogP contribution is 2.18. The van der Waals surface area contributed by atoms with Crippen molar-refractivity contribution in [2.75, 3.05) is 6.54 Å². The lowest BCUT2D eigenvalue weighted by Crippen LogP contribution is -2.19. The van der Waals surface area contributed by atoms with Crippen LogP contribution >= 0.6 is 11.3 Å². The van der Waals surface area contributed by atoms with Gasteiger partial charge < -0.3 is 10.6 Å². The van der Waals surface area contributed by atoms with Crippen molar-refractivity contribution in [2.24, 2.45) is 0 Å². The van der Waals surface area contributed by atoms with Crippen LogP contribution in [0, 0.1) is 0 Å². The Kier molecular flexibility index (Phi) is 3.92. The van der Waals surface area contributed by atoms with Crippen molar-refractivity contribution in [1.29, 1.82) is 0 Å². The largest absolute Gasteiger partial charge is 0.312 e. The van der Waals surface area contributed by atoms with Gasteiger partial charge in [0.05, 0.1) is 5.01 Å². The topological polar surface area (TPSA) is 37.0 Å². The van der Waals surface area contributed by atoms with E-state index in [1.807, 2.05) is 11.6 Å². The zero-order chi connectivity index (χ0) is 13.1. The third-order valence-electron chi connectivity index (χ3n) is 3.55. The van der Waals surface area contributed by atoms with Gasteiger partial charge in [-0.2, -0.15) is 0 Å². The molecule has 1 unspecified atom stereocenters. The van der Waals surface area contributed by atoms with E-state index in [4.69, 9.17) is 0 Å².